The summed E-state index contributed by atoms with van der Waals surface area (Å²) < 4.78 is 32.7. The van der Waals surface area contributed by atoms with Crippen molar-refractivity contribution in [3.05, 3.63) is 60.4 Å². The van der Waals surface area contributed by atoms with Crippen molar-refractivity contribution in [2.75, 3.05) is 39.4 Å². The van der Waals surface area contributed by atoms with E-state index in [0.29, 0.717) is 45.0 Å². The first kappa shape index (κ1) is 18.2. The van der Waals surface area contributed by atoms with Crippen molar-refractivity contribution in [3.63, 3.8) is 0 Å². The van der Waals surface area contributed by atoms with Crippen LogP contribution in [0.25, 0.3) is 0 Å². The van der Waals surface area contributed by atoms with Crippen LogP contribution in [0.15, 0.2) is 59.8 Å². The van der Waals surface area contributed by atoms with Gasteiger partial charge in [0, 0.05) is 30.9 Å². The highest BCUT2D eigenvalue weighted by molar-refractivity contribution is 7.95. The van der Waals surface area contributed by atoms with Crippen LogP contribution in [0.3, 0.4) is 0 Å². The zero-order valence-electron chi connectivity index (χ0n) is 14.8. The first-order valence-electron chi connectivity index (χ1n) is 8.83. The van der Waals surface area contributed by atoms with Gasteiger partial charge in [-0.05, 0) is 24.3 Å². The van der Waals surface area contributed by atoms with Crippen LogP contribution in [-0.2, 0) is 19.3 Å². The molecule has 7 nitrogen and oxygen atoms in total. The second kappa shape index (κ2) is 7.12. The maximum absolute atomic E-state index is 12.8. The number of amides is 1. The summed E-state index contributed by atoms with van der Waals surface area (Å²) in [6.07, 6.45) is 3.18. The highest BCUT2D eigenvalue weighted by Gasteiger charge is 2.53. The average molecular weight is 387 g/mol. The minimum absolute atomic E-state index is 0.0997. The Morgan fingerprint density at radius 3 is 2.63 bits per heavy atom. The van der Waals surface area contributed by atoms with Gasteiger partial charge in [0.1, 0.15) is 0 Å². The number of benzene rings is 1. The van der Waals surface area contributed by atoms with Gasteiger partial charge in [-0.3, -0.25) is 9.78 Å². The Morgan fingerprint density at radius 1 is 1.15 bits per heavy atom. The second-order valence-corrected chi connectivity index (χ2v) is 9.05. The predicted octanol–water partition coefficient (Wildman–Crippen LogP) is 1.46. The fourth-order valence-electron chi connectivity index (χ4n) is 3.64. The molecule has 2 aromatic rings. The third-order valence-electron chi connectivity index (χ3n) is 5.04. The quantitative estimate of drug-likeness (QED) is 0.745. The maximum atomic E-state index is 12.8. The van der Waals surface area contributed by atoms with Gasteiger partial charge in [0.2, 0.25) is 0 Å². The van der Waals surface area contributed by atoms with Crippen LogP contribution in [0.1, 0.15) is 10.4 Å². The van der Waals surface area contributed by atoms with Gasteiger partial charge in [0.15, 0.2) is 15.3 Å². The molecule has 0 aliphatic carbocycles. The van der Waals surface area contributed by atoms with Crippen LogP contribution in [0.4, 0.5) is 0 Å². The number of carbonyl (C=O) groups is 1. The van der Waals surface area contributed by atoms with Gasteiger partial charge in [-0.2, -0.15) is 0 Å². The molecule has 1 aromatic carbocycles. The fraction of sp³-hybridized carbons (Fsp3) is 0.368. The molecule has 8 heteroatoms. The van der Waals surface area contributed by atoms with Gasteiger partial charge in [0.05, 0.1) is 31.9 Å². The molecule has 4 rings (SSSR count). The van der Waals surface area contributed by atoms with E-state index in [4.69, 9.17) is 4.74 Å². The topological polar surface area (TPSA) is 85.8 Å². The second-order valence-electron chi connectivity index (χ2n) is 7.11. The summed E-state index contributed by atoms with van der Waals surface area (Å²) in [7, 11) is -3.52. The fourth-order valence-corrected chi connectivity index (χ4v) is 5.33. The molecule has 2 saturated heterocycles. The molecular formula is C19H21N3O4S. The van der Waals surface area contributed by atoms with Crippen molar-refractivity contribution in [3.8, 4) is 0 Å². The SMILES string of the molecule is O=C(c1cccnc1)N1CCOCC2(C1)CN([S+](=O)([O-])c1ccccc1)C2. The molecule has 27 heavy (non-hydrogen) atoms. The minimum Gasteiger partial charge on any atom is -0.593 e. The van der Waals surface area contributed by atoms with Crippen molar-refractivity contribution in [2.24, 2.45) is 5.41 Å². The van der Waals surface area contributed by atoms with Crippen molar-refractivity contribution in [1.82, 2.24) is 14.2 Å². The smallest absolute Gasteiger partial charge is 0.255 e. The molecule has 0 N–H and O–H groups in total. The Hall–Kier alpha value is -2.13. The van der Waals surface area contributed by atoms with Crippen molar-refractivity contribution in [1.29, 1.82) is 0 Å². The van der Waals surface area contributed by atoms with Crippen LogP contribution in [0.5, 0.6) is 0 Å². The van der Waals surface area contributed by atoms with Crippen LogP contribution in [0, 0.1) is 5.41 Å². The van der Waals surface area contributed by atoms with E-state index in [-0.39, 0.29) is 16.2 Å². The molecule has 0 saturated carbocycles. The van der Waals surface area contributed by atoms with Crippen molar-refractivity contribution < 1.29 is 18.3 Å². The number of aromatic nitrogens is 1. The number of hydrogen-bond acceptors (Lipinski definition) is 5. The van der Waals surface area contributed by atoms with Crippen LogP contribution in [-0.4, -0.2) is 64.0 Å². The van der Waals surface area contributed by atoms with E-state index in [9.17, 15) is 13.6 Å². The number of carbonyl (C=O) groups excluding carboxylic acids is 1. The number of pyridine rings is 1. The Bertz CT molecular complexity index is 856. The normalized spacial score (nSPS) is 21.9. The van der Waals surface area contributed by atoms with Crippen molar-refractivity contribution in [2.45, 2.75) is 4.90 Å². The number of nitrogens with zero attached hydrogens (tertiary/aromatic N) is 3. The van der Waals surface area contributed by atoms with Crippen LogP contribution >= 0.6 is 0 Å². The van der Waals surface area contributed by atoms with Gasteiger partial charge in [-0.1, -0.05) is 22.4 Å². The Kier molecular flexibility index (Phi) is 4.81. The largest absolute Gasteiger partial charge is 0.593 e. The van der Waals surface area contributed by atoms with Crippen LogP contribution in [0.2, 0.25) is 0 Å². The molecule has 2 fully saturated rings. The summed E-state index contributed by atoms with van der Waals surface area (Å²) in [5.41, 5.74) is 0.165. The maximum Gasteiger partial charge on any atom is 0.255 e. The highest BCUT2D eigenvalue weighted by Crippen LogP contribution is 2.39. The van der Waals surface area contributed by atoms with E-state index in [1.807, 2.05) is 0 Å². The Morgan fingerprint density at radius 2 is 1.93 bits per heavy atom. The van der Waals surface area contributed by atoms with E-state index in [1.54, 1.807) is 59.8 Å². The number of ether oxygens (including phenoxy) is 1. The molecular weight excluding hydrogens is 366 g/mol. The van der Waals surface area contributed by atoms with Gasteiger partial charge >= 0.3 is 0 Å². The molecule has 2 aliphatic rings. The molecule has 1 spiro atoms. The molecule has 0 radical (unpaired) electrons. The summed E-state index contributed by atoms with van der Waals surface area (Å²) in [5, 5.41) is 0. The molecule has 1 atom stereocenters. The summed E-state index contributed by atoms with van der Waals surface area (Å²) in [6.45, 7) is 2.55. The first-order valence-corrected chi connectivity index (χ1v) is 10.3. The lowest BCUT2D eigenvalue weighted by Crippen LogP contribution is -2.65. The predicted molar refractivity (Wildman–Crippen MR) is 98.5 cm³/mol. The van der Waals surface area contributed by atoms with E-state index < -0.39 is 10.4 Å². The molecule has 3 heterocycles. The zero-order valence-corrected chi connectivity index (χ0v) is 15.6. The minimum atomic E-state index is -3.52. The highest BCUT2D eigenvalue weighted by atomic mass is 32.3. The van der Waals surface area contributed by atoms with Gasteiger partial charge in [-0.25, -0.2) is 0 Å². The standard InChI is InChI=1S/C19H21N3O4S/c23-18(16-5-4-8-20-11-16)21-9-10-26-15-19(12-21)13-22(14-19)27(24,25)17-6-2-1-3-7-17/h1-8,11H,9-10,12-15H2. The molecule has 1 unspecified atom stereocenters. The summed E-state index contributed by atoms with van der Waals surface area (Å²) in [4.78, 5) is 18.8. The van der Waals surface area contributed by atoms with Crippen molar-refractivity contribution >= 4 is 16.3 Å². The summed E-state index contributed by atoms with van der Waals surface area (Å²) in [5.74, 6) is -0.0997. The first-order chi connectivity index (χ1) is 13.0. The molecule has 1 aromatic heterocycles. The average Bonchev–Trinajstić information content (AvgIpc) is 2.91. The number of rotatable bonds is 3. The number of sulfonamides is 1. The van der Waals surface area contributed by atoms with Gasteiger partial charge in [-0.15, -0.1) is 4.31 Å². The van der Waals surface area contributed by atoms with E-state index in [0.717, 1.165) is 0 Å². The van der Waals surface area contributed by atoms with E-state index >= 15 is 0 Å². The van der Waals surface area contributed by atoms with E-state index in [1.165, 1.54) is 4.31 Å². The lowest BCUT2D eigenvalue weighted by Gasteiger charge is -2.49. The summed E-state index contributed by atoms with van der Waals surface area (Å²) >= 11 is 0. The monoisotopic (exact) mass is 387 g/mol. The zero-order chi connectivity index (χ0) is 18.9. The van der Waals surface area contributed by atoms with E-state index in [2.05, 4.69) is 4.98 Å². The summed E-state index contributed by atoms with van der Waals surface area (Å²) in [6, 6.07) is 11.9. The van der Waals surface area contributed by atoms with Gasteiger partial charge < -0.3 is 14.2 Å². The lowest BCUT2D eigenvalue weighted by atomic mass is 9.82. The third-order valence-corrected chi connectivity index (χ3v) is 6.85. The Balaban J connectivity index is 1.48. The molecule has 2 aliphatic heterocycles. The van der Waals surface area contributed by atoms with Crippen LogP contribution < -0.4 is 0 Å². The molecule has 0 bridgehead atoms. The number of hydrogen-bond donors (Lipinski definition) is 0. The molecule has 142 valence electrons. The van der Waals surface area contributed by atoms with Gasteiger partial charge in [0.25, 0.3) is 5.91 Å². The molecule has 1 amide bonds. The lowest BCUT2D eigenvalue weighted by molar-refractivity contribution is -0.0187. The Labute approximate surface area is 159 Å². The third kappa shape index (κ3) is 3.53.